The quantitative estimate of drug-likeness (QED) is 0.754. The molecule has 1 aromatic heterocycles. The molecule has 5 nitrogen and oxygen atoms in total. The maximum absolute atomic E-state index is 12.0. The van der Waals surface area contributed by atoms with Gasteiger partial charge in [-0.2, -0.15) is 5.10 Å². The Labute approximate surface area is 109 Å². The number of nitrogens with zero attached hydrogens (tertiary/aromatic N) is 2. The highest BCUT2D eigenvalue weighted by molar-refractivity contribution is 5.92. The van der Waals surface area contributed by atoms with Crippen LogP contribution in [0.25, 0.3) is 0 Å². The van der Waals surface area contributed by atoms with Gasteiger partial charge in [-0.25, -0.2) is 0 Å². The average Bonchev–Trinajstić information content (AvgIpc) is 2.78. The fraction of sp³-hybridized carbons (Fsp3) is 0.692. The van der Waals surface area contributed by atoms with Gasteiger partial charge in [0.25, 0.3) is 5.91 Å². The first-order valence-corrected chi connectivity index (χ1v) is 6.45. The van der Waals surface area contributed by atoms with Crippen LogP contribution in [0, 0.1) is 0 Å². The molecule has 0 aromatic carbocycles. The summed E-state index contributed by atoms with van der Waals surface area (Å²) in [5, 5.41) is 7.31. The summed E-state index contributed by atoms with van der Waals surface area (Å²) in [6, 6.07) is 1.87. The van der Waals surface area contributed by atoms with Gasteiger partial charge in [0.15, 0.2) is 0 Å². The monoisotopic (exact) mass is 253 g/mol. The summed E-state index contributed by atoms with van der Waals surface area (Å²) in [6.45, 7) is 8.11. The van der Waals surface area contributed by atoms with E-state index in [9.17, 15) is 4.79 Å². The van der Waals surface area contributed by atoms with Crippen LogP contribution in [-0.2, 0) is 11.3 Å². The van der Waals surface area contributed by atoms with E-state index in [1.165, 1.54) is 0 Å². The summed E-state index contributed by atoms with van der Waals surface area (Å²) >= 11 is 0. The van der Waals surface area contributed by atoms with Gasteiger partial charge in [-0.3, -0.25) is 9.48 Å². The van der Waals surface area contributed by atoms with Crippen molar-refractivity contribution in [3.05, 3.63) is 17.5 Å². The Morgan fingerprint density at radius 2 is 2.28 bits per heavy atom. The van der Waals surface area contributed by atoms with E-state index in [1.807, 2.05) is 13.0 Å². The van der Waals surface area contributed by atoms with Crippen molar-refractivity contribution in [2.24, 2.45) is 0 Å². The molecule has 102 valence electrons. The first-order chi connectivity index (χ1) is 8.60. The standard InChI is InChI=1S/C13H23N3O2/c1-5-16-12(9-11(15-16)10(2)3)13(17)14-7-6-8-18-4/h9-10H,5-8H2,1-4H3,(H,14,17). The number of ether oxygens (including phenoxy) is 1. The molecule has 0 atom stereocenters. The van der Waals surface area contributed by atoms with Crippen LogP contribution in [0.4, 0.5) is 0 Å². The number of hydrogen-bond acceptors (Lipinski definition) is 3. The number of rotatable bonds is 7. The van der Waals surface area contributed by atoms with E-state index in [0.29, 0.717) is 31.3 Å². The lowest BCUT2D eigenvalue weighted by Gasteiger charge is -2.06. The van der Waals surface area contributed by atoms with Crippen LogP contribution in [0.15, 0.2) is 6.07 Å². The first kappa shape index (κ1) is 14.7. The summed E-state index contributed by atoms with van der Waals surface area (Å²) in [4.78, 5) is 12.0. The number of carbonyl (C=O) groups is 1. The molecule has 0 aliphatic rings. The van der Waals surface area contributed by atoms with Crippen LogP contribution >= 0.6 is 0 Å². The molecular weight excluding hydrogens is 230 g/mol. The van der Waals surface area contributed by atoms with Crippen molar-refractivity contribution in [1.82, 2.24) is 15.1 Å². The minimum Gasteiger partial charge on any atom is -0.385 e. The second-order valence-electron chi connectivity index (χ2n) is 4.53. The van der Waals surface area contributed by atoms with E-state index in [1.54, 1.807) is 11.8 Å². The zero-order valence-electron chi connectivity index (χ0n) is 11.7. The third-order valence-electron chi connectivity index (χ3n) is 2.73. The maximum Gasteiger partial charge on any atom is 0.269 e. The van der Waals surface area contributed by atoms with Crippen molar-refractivity contribution in [3.8, 4) is 0 Å². The Morgan fingerprint density at radius 1 is 1.56 bits per heavy atom. The van der Waals surface area contributed by atoms with E-state index in [2.05, 4.69) is 24.3 Å². The van der Waals surface area contributed by atoms with Crippen LogP contribution < -0.4 is 5.32 Å². The smallest absolute Gasteiger partial charge is 0.269 e. The summed E-state index contributed by atoms with van der Waals surface area (Å²) in [6.07, 6.45) is 0.819. The zero-order valence-corrected chi connectivity index (χ0v) is 11.7. The second kappa shape index (κ2) is 7.16. The number of hydrogen-bond donors (Lipinski definition) is 1. The van der Waals surface area contributed by atoms with Gasteiger partial charge in [0.05, 0.1) is 5.69 Å². The Bertz CT molecular complexity index is 386. The predicted molar refractivity (Wildman–Crippen MR) is 70.8 cm³/mol. The van der Waals surface area contributed by atoms with Crippen molar-refractivity contribution < 1.29 is 9.53 Å². The molecule has 18 heavy (non-hydrogen) atoms. The number of methoxy groups -OCH3 is 1. The Morgan fingerprint density at radius 3 is 2.83 bits per heavy atom. The van der Waals surface area contributed by atoms with Gasteiger partial charge in [0.1, 0.15) is 5.69 Å². The summed E-state index contributed by atoms with van der Waals surface area (Å²) in [7, 11) is 1.66. The summed E-state index contributed by atoms with van der Waals surface area (Å²) in [5.74, 6) is 0.269. The van der Waals surface area contributed by atoms with Crippen LogP contribution in [0.3, 0.4) is 0 Å². The Hall–Kier alpha value is -1.36. The topological polar surface area (TPSA) is 56.2 Å². The fourth-order valence-corrected chi connectivity index (χ4v) is 1.65. The van der Waals surface area contributed by atoms with E-state index in [0.717, 1.165) is 12.1 Å². The lowest BCUT2D eigenvalue weighted by molar-refractivity contribution is 0.0938. The highest BCUT2D eigenvalue weighted by Gasteiger charge is 2.15. The largest absolute Gasteiger partial charge is 0.385 e. The highest BCUT2D eigenvalue weighted by atomic mass is 16.5. The number of aromatic nitrogens is 2. The number of carbonyl (C=O) groups excluding carboxylic acids is 1. The van der Waals surface area contributed by atoms with Crippen molar-refractivity contribution in [2.75, 3.05) is 20.3 Å². The molecule has 1 amide bonds. The van der Waals surface area contributed by atoms with E-state index in [4.69, 9.17) is 4.74 Å². The van der Waals surface area contributed by atoms with Crippen LogP contribution in [-0.4, -0.2) is 35.9 Å². The molecule has 0 saturated heterocycles. The SMILES string of the molecule is CCn1nc(C(C)C)cc1C(=O)NCCCOC. The lowest BCUT2D eigenvalue weighted by atomic mass is 10.1. The minimum absolute atomic E-state index is 0.0626. The van der Waals surface area contributed by atoms with Crippen LogP contribution in [0.5, 0.6) is 0 Å². The normalized spacial score (nSPS) is 10.9. The van der Waals surface area contributed by atoms with Crippen molar-refractivity contribution >= 4 is 5.91 Å². The van der Waals surface area contributed by atoms with Gasteiger partial charge in [0, 0.05) is 26.8 Å². The van der Waals surface area contributed by atoms with Crippen molar-refractivity contribution in [1.29, 1.82) is 0 Å². The van der Waals surface area contributed by atoms with Gasteiger partial charge in [-0.1, -0.05) is 13.8 Å². The molecule has 5 heteroatoms. The van der Waals surface area contributed by atoms with Crippen molar-refractivity contribution in [3.63, 3.8) is 0 Å². The van der Waals surface area contributed by atoms with Gasteiger partial charge in [-0.05, 0) is 25.3 Å². The molecule has 0 unspecified atom stereocenters. The third kappa shape index (κ3) is 3.84. The van der Waals surface area contributed by atoms with E-state index in [-0.39, 0.29) is 5.91 Å². The maximum atomic E-state index is 12.0. The number of aryl methyl sites for hydroxylation is 1. The summed E-state index contributed by atoms with van der Waals surface area (Å²) < 4.78 is 6.69. The molecule has 0 aliphatic heterocycles. The highest BCUT2D eigenvalue weighted by Crippen LogP contribution is 2.14. The molecule has 0 bridgehead atoms. The summed E-state index contributed by atoms with van der Waals surface area (Å²) in [5.41, 5.74) is 1.59. The second-order valence-corrected chi connectivity index (χ2v) is 4.53. The zero-order chi connectivity index (χ0) is 13.5. The molecule has 0 saturated carbocycles. The van der Waals surface area contributed by atoms with Gasteiger partial charge in [-0.15, -0.1) is 0 Å². The minimum atomic E-state index is -0.0626. The molecule has 1 rings (SSSR count). The predicted octanol–water partition coefficient (Wildman–Crippen LogP) is 1.79. The molecule has 0 spiro atoms. The Kier molecular flexibility index (Phi) is 5.85. The molecule has 0 radical (unpaired) electrons. The molecule has 0 fully saturated rings. The third-order valence-corrected chi connectivity index (χ3v) is 2.73. The fourth-order valence-electron chi connectivity index (χ4n) is 1.65. The van der Waals surface area contributed by atoms with Crippen molar-refractivity contribution in [2.45, 2.75) is 39.7 Å². The number of nitrogens with one attached hydrogen (secondary N) is 1. The molecule has 1 N–H and O–H groups in total. The molecular formula is C13H23N3O2. The first-order valence-electron chi connectivity index (χ1n) is 6.45. The molecule has 1 aromatic rings. The van der Waals surface area contributed by atoms with Gasteiger partial charge >= 0.3 is 0 Å². The number of amides is 1. The van der Waals surface area contributed by atoms with Gasteiger partial charge < -0.3 is 10.1 Å². The average molecular weight is 253 g/mol. The van der Waals surface area contributed by atoms with E-state index < -0.39 is 0 Å². The lowest BCUT2D eigenvalue weighted by Crippen LogP contribution is -2.27. The molecule has 1 heterocycles. The van der Waals surface area contributed by atoms with Crippen LogP contribution in [0.2, 0.25) is 0 Å². The Balaban J connectivity index is 2.66. The van der Waals surface area contributed by atoms with Crippen LogP contribution in [0.1, 0.15) is 49.3 Å². The van der Waals surface area contributed by atoms with Gasteiger partial charge in [0.2, 0.25) is 0 Å². The van der Waals surface area contributed by atoms with E-state index >= 15 is 0 Å². The molecule has 0 aliphatic carbocycles.